The quantitative estimate of drug-likeness (QED) is 0.792. The van der Waals surface area contributed by atoms with Gasteiger partial charge in [-0.3, -0.25) is 4.79 Å². The number of rotatable bonds is 5. The summed E-state index contributed by atoms with van der Waals surface area (Å²) in [7, 11) is 0. The third kappa shape index (κ3) is 5.38. The number of hydrogen-bond donors (Lipinski definition) is 2. The molecule has 2 unspecified atom stereocenters. The van der Waals surface area contributed by atoms with E-state index in [2.05, 4.69) is 38.3 Å². The maximum Gasteiger partial charge on any atom is 0.236 e. The van der Waals surface area contributed by atoms with E-state index in [0.717, 1.165) is 6.54 Å². The summed E-state index contributed by atoms with van der Waals surface area (Å²) in [5, 5.41) is 6.48. The molecular weight excluding hydrogens is 224 g/mol. The molecule has 0 aliphatic heterocycles. The molecule has 0 spiro atoms. The Hall–Kier alpha value is -0.570. The fourth-order valence-electron chi connectivity index (χ4n) is 2.73. The lowest BCUT2D eigenvalue weighted by Gasteiger charge is -2.36. The van der Waals surface area contributed by atoms with Gasteiger partial charge in [-0.2, -0.15) is 0 Å². The van der Waals surface area contributed by atoms with E-state index in [0.29, 0.717) is 17.4 Å². The first kappa shape index (κ1) is 15.5. The summed E-state index contributed by atoms with van der Waals surface area (Å²) in [6, 6.07) is 0.413. The number of carbonyl (C=O) groups excluding carboxylic acids is 1. The summed E-state index contributed by atoms with van der Waals surface area (Å²) in [5.74, 6) is 0.641. The largest absolute Gasteiger partial charge is 0.354 e. The predicted molar refractivity (Wildman–Crippen MR) is 76.5 cm³/mol. The molecule has 0 aromatic carbocycles. The summed E-state index contributed by atoms with van der Waals surface area (Å²) in [6.45, 7) is 11.6. The first-order valence-corrected chi connectivity index (χ1v) is 7.34. The number of amides is 1. The Morgan fingerprint density at radius 1 is 1.33 bits per heavy atom. The molecule has 0 aromatic rings. The van der Waals surface area contributed by atoms with Crippen molar-refractivity contribution >= 4 is 5.91 Å². The van der Waals surface area contributed by atoms with Crippen LogP contribution in [0.3, 0.4) is 0 Å². The molecule has 0 aromatic heterocycles. The second kappa shape index (κ2) is 6.55. The monoisotopic (exact) mass is 254 g/mol. The van der Waals surface area contributed by atoms with Crippen LogP contribution in [0.2, 0.25) is 0 Å². The minimum Gasteiger partial charge on any atom is -0.354 e. The lowest BCUT2D eigenvalue weighted by molar-refractivity contribution is -0.123. The highest BCUT2D eigenvalue weighted by molar-refractivity contribution is 5.81. The van der Waals surface area contributed by atoms with Crippen molar-refractivity contribution in [2.24, 2.45) is 11.3 Å². The fraction of sp³-hybridized carbons (Fsp3) is 0.933. The number of hydrogen-bond acceptors (Lipinski definition) is 2. The van der Waals surface area contributed by atoms with Gasteiger partial charge in [0, 0.05) is 12.6 Å². The van der Waals surface area contributed by atoms with E-state index in [1.165, 1.54) is 25.7 Å². The van der Waals surface area contributed by atoms with Crippen molar-refractivity contribution in [3.05, 3.63) is 0 Å². The molecule has 1 aliphatic rings. The Bertz CT molecular complexity index is 274. The Labute approximate surface area is 112 Å². The normalized spacial score (nSPS) is 24.9. The second-order valence-electron chi connectivity index (χ2n) is 6.98. The molecule has 2 N–H and O–H groups in total. The van der Waals surface area contributed by atoms with E-state index in [1.807, 2.05) is 6.92 Å². The SMILES string of the molecule is CC(C)CNC(=O)C(C)NC1CCCC(C)(C)C1. The molecule has 3 heteroatoms. The lowest BCUT2D eigenvalue weighted by atomic mass is 9.75. The van der Waals surface area contributed by atoms with Crippen LogP contribution in [0.4, 0.5) is 0 Å². The first-order valence-electron chi connectivity index (χ1n) is 7.34. The van der Waals surface area contributed by atoms with Gasteiger partial charge < -0.3 is 10.6 Å². The maximum absolute atomic E-state index is 11.9. The Morgan fingerprint density at radius 3 is 2.56 bits per heavy atom. The van der Waals surface area contributed by atoms with Crippen LogP contribution >= 0.6 is 0 Å². The van der Waals surface area contributed by atoms with E-state index < -0.39 is 0 Å². The van der Waals surface area contributed by atoms with Crippen LogP contribution < -0.4 is 10.6 Å². The molecule has 18 heavy (non-hydrogen) atoms. The molecule has 0 heterocycles. The summed E-state index contributed by atoms with van der Waals surface area (Å²) in [6.07, 6.45) is 4.95. The molecule has 2 atom stereocenters. The molecule has 106 valence electrons. The molecule has 3 nitrogen and oxygen atoms in total. The minimum atomic E-state index is -0.0809. The fourth-order valence-corrected chi connectivity index (χ4v) is 2.73. The summed E-state index contributed by atoms with van der Waals surface area (Å²) in [5.41, 5.74) is 0.421. The van der Waals surface area contributed by atoms with Crippen molar-refractivity contribution in [3.8, 4) is 0 Å². The minimum absolute atomic E-state index is 0.0809. The van der Waals surface area contributed by atoms with Gasteiger partial charge in [0.05, 0.1) is 6.04 Å². The smallest absolute Gasteiger partial charge is 0.236 e. The zero-order valence-corrected chi connectivity index (χ0v) is 12.7. The average Bonchev–Trinajstić information content (AvgIpc) is 2.24. The van der Waals surface area contributed by atoms with Crippen LogP contribution in [0, 0.1) is 11.3 Å². The van der Waals surface area contributed by atoms with Gasteiger partial charge in [0.1, 0.15) is 0 Å². The summed E-state index contributed by atoms with van der Waals surface area (Å²) >= 11 is 0. The van der Waals surface area contributed by atoms with E-state index in [1.54, 1.807) is 0 Å². The Kier molecular flexibility index (Phi) is 5.64. The molecule has 1 aliphatic carbocycles. The highest BCUT2D eigenvalue weighted by Crippen LogP contribution is 2.35. The maximum atomic E-state index is 11.9. The van der Waals surface area contributed by atoms with Crippen molar-refractivity contribution in [2.45, 2.75) is 72.4 Å². The third-order valence-corrected chi connectivity index (χ3v) is 3.77. The lowest BCUT2D eigenvalue weighted by Crippen LogP contribution is -2.49. The van der Waals surface area contributed by atoms with E-state index >= 15 is 0 Å². The number of nitrogens with one attached hydrogen (secondary N) is 2. The van der Waals surface area contributed by atoms with Crippen molar-refractivity contribution < 1.29 is 4.79 Å². The predicted octanol–water partition coefficient (Wildman–Crippen LogP) is 2.71. The van der Waals surface area contributed by atoms with E-state index in [9.17, 15) is 4.79 Å². The highest BCUT2D eigenvalue weighted by Gasteiger charge is 2.29. The topological polar surface area (TPSA) is 41.1 Å². The van der Waals surface area contributed by atoms with Crippen LogP contribution in [0.1, 0.15) is 60.3 Å². The van der Waals surface area contributed by atoms with E-state index in [-0.39, 0.29) is 11.9 Å². The van der Waals surface area contributed by atoms with Crippen molar-refractivity contribution in [1.82, 2.24) is 10.6 Å². The van der Waals surface area contributed by atoms with Gasteiger partial charge in [-0.25, -0.2) is 0 Å². The van der Waals surface area contributed by atoms with Crippen molar-refractivity contribution in [1.29, 1.82) is 0 Å². The van der Waals surface area contributed by atoms with Gasteiger partial charge in [0.15, 0.2) is 0 Å². The van der Waals surface area contributed by atoms with Crippen molar-refractivity contribution in [3.63, 3.8) is 0 Å². The second-order valence-corrected chi connectivity index (χ2v) is 6.98. The average molecular weight is 254 g/mol. The van der Waals surface area contributed by atoms with Crippen LogP contribution in [-0.2, 0) is 4.79 Å². The van der Waals surface area contributed by atoms with Gasteiger partial charge in [-0.1, -0.05) is 34.1 Å². The summed E-state index contributed by atoms with van der Waals surface area (Å²) < 4.78 is 0. The van der Waals surface area contributed by atoms with Crippen molar-refractivity contribution in [2.75, 3.05) is 6.54 Å². The van der Waals surface area contributed by atoms with Gasteiger partial charge in [0.25, 0.3) is 0 Å². The Balaban J connectivity index is 2.34. The van der Waals surface area contributed by atoms with E-state index in [4.69, 9.17) is 0 Å². The highest BCUT2D eigenvalue weighted by atomic mass is 16.2. The molecule has 0 radical (unpaired) electrons. The van der Waals surface area contributed by atoms with Gasteiger partial charge >= 0.3 is 0 Å². The molecule has 0 bridgehead atoms. The zero-order valence-electron chi connectivity index (χ0n) is 12.7. The Morgan fingerprint density at radius 2 is 2.00 bits per heavy atom. The van der Waals surface area contributed by atoms with Gasteiger partial charge in [-0.15, -0.1) is 0 Å². The summed E-state index contributed by atoms with van der Waals surface area (Å²) in [4.78, 5) is 11.9. The van der Waals surface area contributed by atoms with Crippen LogP contribution in [-0.4, -0.2) is 24.5 Å². The molecule has 1 saturated carbocycles. The standard InChI is InChI=1S/C15H30N2O/c1-11(2)10-16-14(18)12(3)17-13-7-6-8-15(4,5)9-13/h11-13,17H,6-10H2,1-5H3,(H,16,18). The number of carbonyl (C=O) groups is 1. The van der Waals surface area contributed by atoms with Gasteiger partial charge in [-0.05, 0) is 37.5 Å². The van der Waals surface area contributed by atoms with Crippen LogP contribution in [0.15, 0.2) is 0 Å². The molecule has 1 rings (SSSR count). The van der Waals surface area contributed by atoms with Crippen LogP contribution in [0.5, 0.6) is 0 Å². The zero-order chi connectivity index (χ0) is 13.8. The first-order chi connectivity index (χ1) is 8.30. The molecule has 0 saturated heterocycles. The van der Waals surface area contributed by atoms with Gasteiger partial charge in [0.2, 0.25) is 5.91 Å². The molecule has 1 fully saturated rings. The molecule has 1 amide bonds. The molecular formula is C15H30N2O. The third-order valence-electron chi connectivity index (χ3n) is 3.77. The van der Waals surface area contributed by atoms with Crippen LogP contribution in [0.25, 0.3) is 0 Å².